The second kappa shape index (κ2) is 10.9. The molecule has 0 heterocycles. The molecule has 0 radical (unpaired) electrons. The van der Waals surface area contributed by atoms with Crippen molar-refractivity contribution in [3.05, 3.63) is 42.0 Å². The molecular weight excluding hydrogens is 339 g/mol. The molecule has 0 amide bonds. The van der Waals surface area contributed by atoms with Crippen molar-refractivity contribution >= 4 is 13.9 Å². The summed E-state index contributed by atoms with van der Waals surface area (Å²) < 4.78 is 27.2. The fraction of sp³-hybridized carbons (Fsp3) is 0.579. The smallest absolute Gasteiger partial charge is 0.377 e. The predicted molar refractivity (Wildman–Crippen MR) is 101 cm³/mol. The van der Waals surface area contributed by atoms with Gasteiger partial charge in [-0.25, -0.2) is 4.57 Å². The van der Waals surface area contributed by atoms with Crippen LogP contribution in [0.15, 0.2) is 30.8 Å². The third-order valence-electron chi connectivity index (χ3n) is 3.53. The summed E-state index contributed by atoms with van der Waals surface area (Å²) in [7, 11) is -3.94. The van der Waals surface area contributed by atoms with Crippen molar-refractivity contribution < 1.29 is 23.2 Å². The third-order valence-corrected chi connectivity index (χ3v) is 4.55. The monoisotopic (exact) mass is 370 g/mol. The number of hydrogen-bond acceptors (Lipinski definition) is 4. The van der Waals surface area contributed by atoms with Gasteiger partial charge in [0.05, 0.1) is 19.8 Å². The summed E-state index contributed by atoms with van der Waals surface area (Å²) in [5.74, 6) is 0. The predicted octanol–water partition coefficient (Wildman–Crippen LogP) is 5.20. The van der Waals surface area contributed by atoms with Crippen molar-refractivity contribution in [3.63, 3.8) is 0 Å². The van der Waals surface area contributed by atoms with Gasteiger partial charge in [-0.05, 0) is 35.8 Å². The van der Waals surface area contributed by atoms with E-state index < -0.39 is 7.82 Å². The normalized spacial score (nSPS) is 14.2. The minimum absolute atomic E-state index is 0.0589. The molecule has 6 heteroatoms. The van der Waals surface area contributed by atoms with E-state index >= 15 is 0 Å². The first-order chi connectivity index (χ1) is 11.7. The highest BCUT2D eigenvalue weighted by Gasteiger charge is 2.21. The van der Waals surface area contributed by atoms with Gasteiger partial charge in [0, 0.05) is 6.61 Å². The second-order valence-electron chi connectivity index (χ2n) is 7.15. The summed E-state index contributed by atoms with van der Waals surface area (Å²) in [5, 5.41) is 0. The molecule has 0 aromatic heterocycles. The summed E-state index contributed by atoms with van der Waals surface area (Å²) >= 11 is 0. The molecule has 142 valence electrons. The van der Waals surface area contributed by atoms with Crippen LogP contribution >= 0.6 is 7.82 Å². The number of unbranched alkanes of at least 4 members (excludes halogenated alkanes) is 1. The lowest BCUT2D eigenvalue weighted by Gasteiger charge is -2.19. The lowest BCUT2D eigenvalue weighted by atomic mass is 9.93. The number of benzene rings is 1. The lowest BCUT2D eigenvalue weighted by Crippen LogP contribution is -2.09. The molecule has 1 aromatic rings. The largest absolute Gasteiger partial charge is 0.472 e. The summed E-state index contributed by atoms with van der Waals surface area (Å²) in [6, 6.07) is 8.02. The van der Waals surface area contributed by atoms with E-state index in [1.807, 2.05) is 45.0 Å². The molecule has 1 N–H and O–H groups in total. The van der Waals surface area contributed by atoms with Crippen LogP contribution in [0.1, 0.15) is 51.2 Å². The molecule has 0 aliphatic heterocycles. The van der Waals surface area contributed by atoms with Crippen molar-refractivity contribution in [1.29, 1.82) is 0 Å². The van der Waals surface area contributed by atoms with E-state index in [9.17, 15) is 9.46 Å². The molecule has 0 fully saturated rings. The van der Waals surface area contributed by atoms with Crippen LogP contribution in [0.3, 0.4) is 0 Å². The van der Waals surface area contributed by atoms with Crippen LogP contribution in [0.25, 0.3) is 6.08 Å². The molecule has 1 aromatic carbocycles. The number of ether oxygens (including phenoxy) is 1. The van der Waals surface area contributed by atoms with Crippen molar-refractivity contribution in [1.82, 2.24) is 0 Å². The van der Waals surface area contributed by atoms with Crippen molar-refractivity contribution in [2.45, 2.75) is 46.6 Å². The van der Waals surface area contributed by atoms with Gasteiger partial charge in [0.2, 0.25) is 0 Å². The van der Waals surface area contributed by atoms with E-state index in [0.29, 0.717) is 26.1 Å². The van der Waals surface area contributed by atoms with Gasteiger partial charge < -0.3 is 9.63 Å². The fourth-order valence-corrected chi connectivity index (χ4v) is 2.69. The molecule has 0 aliphatic carbocycles. The first kappa shape index (κ1) is 22.1. The minimum Gasteiger partial charge on any atom is -0.377 e. The zero-order valence-corrected chi connectivity index (χ0v) is 16.5. The van der Waals surface area contributed by atoms with Crippen molar-refractivity contribution in [3.8, 4) is 0 Å². The van der Waals surface area contributed by atoms with E-state index in [-0.39, 0.29) is 18.6 Å². The van der Waals surface area contributed by atoms with Crippen molar-refractivity contribution in [2.24, 2.45) is 5.41 Å². The number of phosphoric acid groups is 1. The number of phosphoric ester groups is 1. The van der Waals surface area contributed by atoms with Gasteiger partial charge in [0.15, 0.2) is 0 Å². The molecule has 5 nitrogen and oxygen atoms in total. The maximum Gasteiger partial charge on any atom is 0.472 e. The Bertz CT molecular complexity index is 548. The Hall–Kier alpha value is -0.970. The average molecular weight is 370 g/mol. The maximum atomic E-state index is 11.7. The molecular formula is C19H31O5P. The van der Waals surface area contributed by atoms with Gasteiger partial charge in [-0.1, -0.05) is 57.7 Å². The summed E-state index contributed by atoms with van der Waals surface area (Å²) in [5.41, 5.74) is 2.25. The van der Waals surface area contributed by atoms with E-state index in [4.69, 9.17) is 13.8 Å². The highest BCUT2D eigenvalue weighted by atomic mass is 31.2. The molecule has 1 rings (SSSR count). The van der Waals surface area contributed by atoms with Crippen LogP contribution in [0.4, 0.5) is 0 Å². The van der Waals surface area contributed by atoms with Crippen LogP contribution in [-0.4, -0.2) is 24.7 Å². The van der Waals surface area contributed by atoms with E-state index in [1.54, 1.807) is 6.08 Å². The van der Waals surface area contributed by atoms with Crippen molar-refractivity contribution in [2.75, 3.05) is 19.8 Å². The quantitative estimate of drug-likeness (QED) is 0.405. The van der Waals surface area contributed by atoms with Gasteiger partial charge >= 0.3 is 7.82 Å². The van der Waals surface area contributed by atoms with Gasteiger partial charge in [0.25, 0.3) is 0 Å². The molecule has 0 saturated heterocycles. The average Bonchev–Trinajstić information content (AvgIpc) is 2.53. The Labute approximate surface area is 151 Å². The highest BCUT2D eigenvalue weighted by molar-refractivity contribution is 7.47. The first-order valence-electron chi connectivity index (χ1n) is 8.63. The van der Waals surface area contributed by atoms with Crippen LogP contribution in [0.5, 0.6) is 0 Å². The first-order valence-corrected chi connectivity index (χ1v) is 10.1. The minimum atomic E-state index is -3.94. The molecule has 0 aliphatic rings. The summed E-state index contributed by atoms with van der Waals surface area (Å²) in [4.78, 5) is 9.58. The Morgan fingerprint density at radius 2 is 1.68 bits per heavy atom. The number of rotatable bonds is 12. The Morgan fingerprint density at radius 1 is 1.08 bits per heavy atom. The fourth-order valence-electron chi connectivity index (χ4n) is 1.93. The Kier molecular flexibility index (Phi) is 9.62. The van der Waals surface area contributed by atoms with E-state index in [1.165, 1.54) is 0 Å². The van der Waals surface area contributed by atoms with Crippen LogP contribution in [0.2, 0.25) is 0 Å². The topological polar surface area (TPSA) is 65.0 Å². The Morgan fingerprint density at radius 3 is 2.28 bits per heavy atom. The molecule has 25 heavy (non-hydrogen) atoms. The summed E-state index contributed by atoms with van der Waals surface area (Å²) in [6.07, 6.45) is 3.90. The highest BCUT2D eigenvalue weighted by Crippen LogP contribution is 2.43. The summed E-state index contributed by atoms with van der Waals surface area (Å²) in [6.45, 7) is 11.4. The SMILES string of the molecule is C=Cc1ccc(COCCCCOP(=O)(O)OCCC(C)(C)C)cc1. The zero-order valence-electron chi connectivity index (χ0n) is 15.6. The zero-order chi connectivity index (χ0) is 18.8. The standard InChI is InChI=1S/C19H31O5P/c1-5-17-8-10-18(11-9-17)16-22-13-6-7-14-23-25(20,21)24-15-12-19(2,3)4/h5,8-11H,1,6-7,12-16H2,2-4H3,(H,20,21). The van der Waals surface area contributed by atoms with Gasteiger partial charge in [-0.3, -0.25) is 9.05 Å². The molecule has 0 bridgehead atoms. The molecule has 0 saturated carbocycles. The molecule has 0 spiro atoms. The molecule has 1 unspecified atom stereocenters. The van der Waals surface area contributed by atoms with Crippen LogP contribution < -0.4 is 0 Å². The maximum absolute atomic E-state index is 11.7. The Balaban J connectivity index is 2.06. The van der Waals surface area contributed by atoms with E-state index in [2.05, 4.69) is 6.58 Å². The van der Waals surface area contributed by atoms with Gasteiger partial charge in [-0.2, -0.15) is 0 Å². The second-order valence-corrected chi connectivity index (χ2v) is 8.60. The third kappa shape index (κ3) is 11.3. The van der Waals surface area contributed by atoms with Crippen LogP contribution in [0, 0.1) is 5.41 Å². The molecule has 1 atom stereocenters. The van der Waals surface area contributed by atoms with Crippen LogP contribution in [-0.2, 0) is 25.0 Å². The lowest BCUT2D eigenvalue weighted by molar-refractivity contribution is 0.105. The number of hydrogen-bond donors (Lipinski definition) is 1. The van der Waals surface area contributed by atoms with Gasteiger partial charge in [-0.15, -0.1) is 0 Å². The van der Waals surface area contributed by atoms with E-state index in [0.717, 1.165) is 17.5 Å². The van der Waals surface area contributed by atoms with Gasteiger partial charge in [0.1, 0.15) is 0 Å².